The highest BCUT2D eigenvalue weighted by Gasteiger charge is 2.36. The number of hydrogen-bond donors (Lipinski definition) is 1. The fourth-order valence-electron chi connectivity index (χ4n) is 3.03. The van der Waals surface area contributed by atoms with Crippen molar-refractivity contribution in [2.45, 2.75) is 31.8 Å². The van der Waals surface area contributed by atoms with Gasteiger partial charge in [0.2, 0.25) is 0 Å². The van der Waals surface area contributed by atoms with Gasteiger partial charge in [0, 0.05) is 29.8 Å². The Kier molecular flexibility index (Phi) is 3.58. The summed E-state index contributed by atoms with van der Waals surface area (Å²) in [7, 11) is 0. The molecule has 1 aromatic rings. The van der Waals surface area contributed by atoms with Crippen molar-refractivity contribution in [1.82, 2.24) is 0 Å². The largest absolute Gasteiger partial charge is 0.493 e. The third-order valence-corrected chi connectivity index (χ3v) is 4.64. The first-order valence-corrected chi connectivity index (χ1v) is 7.60. The van der Waals surface area contributed by atoms with Gasteiger partial charge in [0.15, 0.2) is 0 Å². The number of halogens is 1. The van der Waals surface area contributed by atoms with Gasteiger partial charge in [0.1, 0.15) is 5.75 Å². The number of hydrogen-bond acceptors (Lipinski definition) is 3. The van der Waals surface area contributed by atoms with Crippen molar-refractivity contribution in [3.05, 3.63) is 27.7 Å². The van der Waals surface area contributed by atoms with E-state index in [1.165, 1.54) is 5.56 Å². The van der Waals surface area contributed by atoms with E-state index in [2.05, 4.69) is 28.1 Å². The predicted octanol–water partition coefficient (Wildman–Crippen LogP) is 2.71. The third-order valence-electron chi connectivity index (χ3n) is 4.18. The minimum Gasteiger partial charge on any atom is -0.493 e. The molecule has 2 unspecified atom stereocenters. The summed E-state index contributed by atoms with van der Waals surface area (Å²) >= 11 is 3.54. The van der Waals surface area contributed by atoms with Crippen molar-refractivity contribution >= 4 is 15.9 Å². The van der Waals surface area contributed by atoms with E-state index in [1.807, 2.05) is 6.92 Å². The third kappa shape index (κ3) is 2.67. The maximum atomic E-state index is 10.7. The Hall–Kier alpha value is -0.580. The van der Waals surface area contributed by atoms with E-state index in [4.69, 9.17) is 9.47 Å². The van der Waals surface area contributed by atoms with Gasteiger partial charge in [-0.2, -0.15) is 0 Å². The highest BCUT2D eigenvalue weighted by molar-refractivity contribution is 9.10. The van der Waals surface area contributed by atoms with Crippen molar-refractivity contribution in [3.8, 4) is 5.75 Å². The molecule has 3 nitrogen and oxygen atoms in total. The quantitative estimate of drug-likeness (QED) is 0.928. The van der Waals surface area contributed by atoms with Gasteiger partial charge < -0.3 is 14.6 Å². The van der Waals surface area contributed by atoms with Gasteiger partial charge in [-0.3, -0.25) is 0 Å². The number of benzene rings is 1. The maximum Gasteiger partial charge on any atom is 0.125 e. The SMILES string of the molecule is CC(O)(Cc1cc(Br)cc2c1OCC2)C1CCOC1. The van der Waals surface area contributed by atoms with Crippen LogP contribution in [0.5, 0.6) is 5.75 Å². The summed E-state index contributed by atoms with van der Waals surface area (Å²) in [5.74, 6) is 1.19. The van der Waals surface area contributed by atoms with Gasteiger partial charge in [-0.1, -0.05) is 15.9 Å². The number of aliphatic hydroxyl groups is 1. The Morgan fingerprint density at radius 1 is 1.42 bits per heavy atom. The standard InChI is InChI=1S/C15H19BrO3/c1-15(17,12-3-4-18-9-12)8-11-7-13(16)6-10-2-5-19-14(10)11/h6-7,12,17H,2-5,8-9H2,1H3. The molecule has 2 heterocycles. The molecular formula is C15H19BrO3. The van der Waals surface area contributed by atoms with Gasteiger partial charge in [-0.15, -0.1) is 0 Å². The van der Waals surface area contributed by atoms with Crippen LogP contribution in [0, 0.1) is 5.92 Å². The molecule has 1 fully saturated rings. The van der Waals surface area contributed by atoms with Crippen LogP contribution in [0.15, 0.2) is 16.6 Å². The summed E-state index contributed by atoms with van der Waals surface area (Å²) in [6, 6.07) is 4.17. The average Bonchev–Trinajstić information content (AvgIpc) is 2.98. The molecule has 1 saturated heterocycles. The average molecular weight is 327 g/mol. The summed E-state index contributed by atoms with van der Waals surface area (Å²) in [4.78, 5) is 0. The van der Waals surface area contributed by atoms with Crippen LogP contribution in [-0.2, 0) is 17.6 Å². The van der Waals surface area contributed by atoms with Crippen LogP contribution in [0.3, 0.4) is 0 Å². The zero-order valence-corrected chi connectivity index (χ0v) is 12.7. The zero-order valence-electron chi connectivity index (χ0n) is 11.1. The predicted molar refractivity (Wildman–Crippen MR) is 76.6 cm³/mol. The van der Waals surface area contributed by atoms with Crippen LogP contribution in [-0.4, -0.2) is 30.5 Å². The summed E-state index contributed by atoms with van der Waals surface area (Å²) in [5.41, 5.74) is 1.60. The molecule has 0 radical (unpaired) electrons. The lowest BCUT2D eigenvalue weighted by Crippen LogP contribution is -2.37. The van der Waals surface area contributed by atoms with Crippen LogP contribution in [0.1, 0.15) is 24.5 Å². The van der Waals surface area contributed by atoms with E-state index in [-0.39, 0.29) is 5.92 Å². The highest BCUT2D eigenvalue weighted by Crippen LogP contribution is 2.37. The molecule has 2 aliphatic rings. The molecule has 104 valence electrons. The van der Waals surface area contributed by atoms with Crippen molar-refractivity contribution in [1.29, 1.82) is 0 Å². The Morgan fingerprint density at radius 2 is 2.26 bits per heavy atom. The number of ether oxygens (including phenoxy) is 2. The first-order valence-electron chi connectivity index (χ1n) is 6.80. The summed E-state index contributed by atoms with van der Waals surface area (Å²) in [6.07, 6.45) is 2.50. The minimum absolute atomic E-state index is 0.212. The molecule has 0 bridgehead atoms. The van der Waals surface area contributed by atoms with Gasteiger partial charge >= 0.3 is 0 Å². The molecule has 0 aromatic heterocycles. The van der Waals surface area contributed by atoms with Gasteiger partial charge in [-0.05, 0) is 36.6 Å². The Bertz CT molecular complexity index is 479. The highest BCUT2D eigenvalue weighted by atomic mass is 79.9. The molecule has 0 aliphatic carbocycles. The minimum atomic E-state index is -0.739. The molecule has 4 heteroatoms. The van der Waals surface area contributed by atoms with Crippen molar-refractivity contribution in [3.63, 3.8) is 0 Å². The number of fused-ring (bicyclic) bond motifs is 1. The summed E-state index contributed by atoms with van der Waals surface area (Å²) in [6.45, 7) is 4.07. The number of rotatable bonds is 3. The maximum absolute atomic E-state index is 10.7. The first-order chi connectivity index (χ1) is 9.06. The Morgan fingerprint density at radius 3 is 3.00 bits per heavy atom. The van der Waals surface area contributed by atoms with Crippen LogP contribution < -0.4 is 4.74 Å². The fourth-order valence-corrected chi connectivity index (χ4v) is 3.58. The molecule has 1 N–H and O–H groups in total. The van der Waals surface area contributed by atoms with Crippen LogP contribution in [0.4, 0.5) is 0 Å². The lowest BCUT2D eigenvalue weighted by molar-refractivity contribution is -0.00496. The summed E-state index contributed by atoms with van der Waals surface area (Å²) in [5, 5.41) is 10.7. The summed E-state index contributed by atoms with van der Waals surface area (Å²) < 4.78 is 12.2. The normalized spacial score (nSPS) is 24.9. The second kappa shape index (κ2) is 5.08. The van der Waals surface area contributed by atoms with E-state index in [0.717, 1.165) is 41.8 Å². The smallest absolute Gasteiger partial charge is 0.125 e. The van der Waals surface area contributed by atoms with Crippen molar-refractivity contribution in [2.75, 3.05) is 19.8 Å². The molecule has 2 aliphatic heterocycles. The van der Waals surface area contributed by atoms with E-state index in [9.17, 15) is 5.11 Å². The molecule has 1 aromatic carbocycles. The zero-order chi connectivity index (χ0) is 13.5. The lowest BCUT2D eigenvalue weighted by Gasteiger charge is -2.29. The van der Waals surface area contributed by atoms with Gasteiger partial charge in [-0.25, -0.2) is 0 Å². The van der Waals surface area contributed by atoms with E-state index in [1.54, 1.807) is 0 Å². The molecule has 2 atom stereocenters. The van der Waals surface area contributed by atoms with Crippen LogP contribution >= 0.6 is 15.9 Å². The van der Waals surface area contributed by atoms with Crippen LogP contribution in [0.25, 0.3) is 0 Å². The molecule has 19 heavy (non-hydrogen) atoms. The Labute approximate surface area is 122 Å². The van der Waals surface area contributed by atoms with Crippen molar-refractivity contribution < 1.29 is 14.6 Å². The second-order valence-electron chi connectivity index (χ2n) is 5.75. The van der Waals surface area contributed by atoms with E-state index in [0.29, 0.717) is 13.0 Å². The van der Waals surface area contributed by atoms with E-state index < -0.39 is 5.60 Å². The molecule has 0 spiro atoms. The molecule has 0 saturated carbocycles. The molecule has 0 amide bonds. The topological polar surface area (TPSA) is 38.7 Å². The molecule has 3 rings (SSSR count). The fraction of sp³-hybridized carbons (Fsp3) is 0.600. The second-order valence-corrected chi connectivity index (χ2v) is 6.66. The van der Waals surface area contributed by atoms with Gasteiger partial charge in [0.05, 0.1) is 18.8 Å². The lowest BCUT2D eigenvalue weighted by atomic mass is 9.83. The van der Waals surface area contributed by atoms with Gasteiger partial charge in [0.25, 0.3) is 0 Å². The molecular weight excluding hydrogens is 308 g/mol. The monoisotopic (exact) mass is 326 g/mol. The van der Waals surface area contributed by atoms with Crippen molar-refractivity contribution in [2.24, 2.45) is 5.92 Å². The van der Waals surface area contributed by atoms with Crippen LogP contribution in [0.2, 0.25) is 0 Å². The Balaban J connectivity index is 1.86. The first kappa shape index (κ1) is 13.4. The van der Waals surface area contributed by atoms with E-state index >= 15 is 0 Å².